The molecule has 1 aliphatic heterocycles. The van der Waals surface area contributed by atoms with Crippen molar-refractivity contribution in [2.75, 3.05) is 6.54 Å². The number of aryl methyl sites for hydroxylation is 1. The third-order valence-electron chi connectivity index (χ3n) is 3.98. The Morgan fingerprint density at radius 3 is 2.90 bits per heavy atom. The van der Waals surface area contributed by atoms with Gasteiger partial charge in [-0.2, -0.15) is 5.26 Å². The van der Waals surface area contributed by atoms with Crippen molar-refractivity contribution >= 4 is 0 Å². The summed E-state index contributed by atoms with van der Waals surface area (Å²) in [5.41, 5.74) is 3.71. The molecule has 0 amide bonds. The van der Waals surface area contributed by atoms with Crippen LogP contribution in [0, 0.1) is 18.3 Å². The summed E-state index contributed by atoms with van der Waals surface area (Å²) in [6.07, 6.45) is 1.94. The summed E-state index contributed by atoms with van der Waals surface area (Å²) in [7, 11) is 0. The summed E-state index contributed by atoms with van der Waals surface area (Å²) >= 11 is 0. The fourth-order valence-electron chi connectivity index (χ4n) is 2.77. The highest BCUT2D eigenvalue weighted by molar-refractivity contribution is 5.37. The largest absolute Gasteiger partial charge is 0.348 e. The van der Waals surface area contributed by atoms with Crippen molar-refractivity contribution < 1.29 is 0 Å². The van der Waals surface area contributed by atoms with Gasteiger partial charge in [-0.05, 0) is 18.6 Å². The van der Waals surface area contributed by atoms with E-state index in [4.69, 9.17) is 5.26 Å². The predicted molar refractivity (Wildman–Crippen MR) is 80.7 cm³/mol. The summed E-state index contributed by atoms with van der Waals surface area (Å²) in [6, 6.07) is 11.7. The lowest BCUT2D eigenvalue weighted by molar-refractivity contribution is 0.211. The van der Waals surface area contributed by atoms with Crippen molar-refractivity contribution in [1.29, 1.82) is 5.26 Å². The van der Waals surface area contributed by atoms with E-state index in [0.29, 0.717) is 0 Å². The van der Waals surface area contributed by atoms with E-state index in [0.717, 1.165) is 48.6 Å². The van der Waals surface area contributed by atoms with E-state index in [1.807, 2.05) is 37.4 Å². The number of hydrogen-bond acceptors (Lipinski definition) is 3. The van der Waals surface area contributed by atoms with Gasteiger partial charge >= 0.3 is 0 Å². The number of benzene rings is 1. The molecule has 2 heterocycles. The molecule has 1 aromatic heterocycles. The van der Waals surface area contributed by atoms with Crippen LogP contribution in [0.4, 0.5) is 0 Å². The van der Waals surface area contributed by atoms with Crippen LogP contribution >= 0.6 is 0 Å². The summed E-state index contributed by atoms with van der Waals surface area (Å²) in [6.45, 7) is 5.15. The standard InChI is InChI=1S/C17H17N3O/c1-13-10-20-7-6-19(12-16(20)8-17(13)21)11-15-5-3-2-4-14(15)9-18/h2-5,8,10H,6-7,11-12H2,1H3. The Hall–Kier alpha value is -2.38. The molecule has 0 N–H and O–H groups in total. The Kier molecular flexibility index (Phi) is 3.59. The van der Waals surface area contributed by atoms with Crippen molar-refractivity contribution in [3.05, 3.63) is 69.1 Å². The number of fused-ring (bicyclic) bond motifs is 1. The molecule has 4 heteroatoms. The first-order valence-electron chi connectivity index (χ1n) is 7.07. The quantitative estimate of drug-likeness (QED) is 0.845. The van der Waals surface area contributed by atoms with Gasteiger partial charge in [-0.1, -0.05) is 18.2 Å². The molecule has 0 fully saturated rings. The second kappa shape index (κ2) is 5.55. The van der Waals surface area contributed by atoms with E-state index in [1.54, 1.807) is 6.07 Å². The molecular formula is C17H17N3O. The zero-order valence-electron chi connectivity index (χ0n) is 12.0. The molecule has 21 heavy (non-hydrogen) atoms. The maximum absolute atomic E-state index is 11.8. The van der Waals surface area contributed by atoms with E-state index >= 15 is 0 Å². The Morgan fingerprint density at radius 2 is 2.10 bits per heavy atom. The third-order valence-corrected chi connectivity index (χ3v) is 3.98. The monoisotopic (exact) mass is 279 g/mol. The highest BCUT2D eigenvalue weighted by Gasteiger charge is 2.17. The number of nitriles is 1. The highest BCUT2D eigenvalue weighted by atomic mass is 16.1. The summed E-state index contributed by atoms with van der Waals surface area (Å²) in [4.78, 5) is 14.1. The average Bonchev–Trinajstić information content (AvgIpc) is 2.49. The molecule has 0 saturated carbocycles. The molecule has 2 aromatic rings. The second-order valence-corrected chi connectivity index (χ2v) is 5.49. The second-order valence-electron chi connectivity index (χ2n) is 5.49. The first kappa shape index (κ1) is 13.6. The molecular weight excluding hydrogens is 262 g/mol. The van der Waals surface area contributed by atoms with Gasteiger partial charge in [-0.15, -0.1) is 0 Å². The lowest BCUT2D eigenvalue weighted by Gasteiger charge is -2.30. The van der Waals surface area contributed by atoms with Crippen molar-refractivity contribution in [1.82, 2.24) is 9.47 Å². The molecule has 0 unspecified atom stereocenters. The van der Waals surface area contributed by atoms with Gasteiger partial charge in [0, 0.05) is 49.7 Å². The molecule has 1 aromatic carbocycles. The Bertz CT molecular complexity index is 770. The fraction of sp³-hybridized carbons (Fsp3) is 0.294. The van der Waals surface area contributed by atoms with Crippen molar-refractivity contribution in [2.45, 2.75) is 26.6 Å². The molecule has 0 aliphatic carbocycles. The zero-order chi connectivity index (χ0) is 14.8. The Balaban J connectivity index is 1.82. The number of rotatable bonds is 2. The minimum absolute atomic E-state index is 0.0977. The van der Waals surface area contributed by atoms with E-state index < -0.39 is 0 Å². The van der Waals surface area contributed by atoms with Gasteiger partial charge in [0.15, 0.2) is 5.43 Å². The van der Waals surface area contributed by atoms with Crippen LogP contribution in [0.2, 0.25) is 0 Å². The fourth-order valence-corrected chi connectivity index (χ4v) is 2.77. The van der Waals surface area contributed by atoms with Crippen LogP contribution in [0.3, 0.4) is 0 Å². The van der Waals surface area contributed by atoms with Crippen LogP contribution in [0.1, 0.15) is 22.4 Å². The molecule has 4 nitrogen and oxygen atoms in total. The minimum Gasteiger partial charge on any atom is -0.348 e. The van der Waals surface area contributed by atoms with Gasteiger partial charge in [-0.25, -0.2) is 0 Å². The smallest absolute Gasteiger partial charge is 0.184 e. The summed E-state index contributed by atoms with van der Waals surface area (Å²) in [5, 5.41) is 9.16. The average molecular weight is 279 g/mol. The highest BCUT2D eigenvalue weighted by Crippen LogP contribution is 2.16. The van der Waals surface area contributed by atoms with Gasteiger partial charge in [0.25, 0.3) is 0 Å². The van der Waals surface area contributed by atoms with Gasteiger partial charge in [0.05, 0.1) is 11.6 Å². The van der Waals surface area contributed by atoms with Crippen LogP contribution in [-0.2, 0) is 19.6 Å². The minimum atomic E-state index is 0.0977. The van der Waals surface area contributed by atoms with Crippen molar-refractivity contribution in [3.8, 4) is 6.07 Å². The number of aromatic nitrogens is 1. The Labute approximate surface area is 123 Å². The number of nitrogens with zero attached hydrogens (tertiary/aromatic N) is 3. The van der Waals surface area contributed by atoms with Gasteiger partial charge in [0.2, 0.25) is 0 Å². The van der Waals surface area contributed by atoms with E-state index in [1.165, 1.54) is 0 Å². The van der Waals surface area contributed by atoms with Gasteiger partial charge in [-0.3, -0.25) is 9.69 Å². The van der Waals surface area contributed by atoms with E-state index in [9.17, 15) is 4.79 Å². The van der Waals surface area contributed by atoms with E-state index in [-0.39, 0.29) is 5.43 Å². The Morgan fingerprint density at radius 1 is 1.29 bits per heavy atom. The summed E-state index contributed by atoms with van der Waals surface area (Å²) in [5.74, 6) is 0. The SMILES string of the molecule is Cc1cn2c(cc1=O)CN(Cc1ccccc1C#N)CC2. The molecule has 0 atom stereocenters. The van der Waals surface area contributed by atoms with Crippen LogP contribution in [-0.4, -0.2) is 16.0 Å². The molecule has 0 bridgehead atoms. The topological polar surface area (TPSA) is 49.0 Å². The van der Waals surface area contributed by atoms with Crippen LogP contribution in [0.5, 0.6) is 0 Å². The molecule has 0 spiro atoms. The maximum atomic E-state index is 11.8. The van der Waals surface area contributed by atoms with Crippen molar-refractivity contribution in [2.24, 2.45) is 0 Å². The molecule has 106 valence electrons. The molecule has 1 aliphatic rings. The van der Waals surface area contributed by atoms with Crippen molar-refractivity contribution in [3.63, 3.8) is 0 Å². The lowest BCUT2D eigenvalue weighted by atomic mass is 10.1. The van der Waals surface area contributed by atoms with Crippen LogP contribution in [0.25, 0.3) is 0 Å². The molecule has 3 rings (SSSR count). The zero-order valence-corrected chi connectivity index (χ0v) is 12.0. The first-order chi connectivity index (χ1) is 10.2. The van der Waals surface area contributed by atoms with Gasteiger partial charge in [0.1, 0.15) is 0 Å². The number of hydrogen-bond donors (Lipinski definition) is 0. The maximum Gasteiger partial charge on any atom is 0.184 e. The van der Waals surface area contributed by atoms with Crippen LogP contribution < -0.4 is 5.43 Å². The van der Waals surface area contributed by atoms with Crippen LogP contribution in [0.15, 0.2) is 41.3 Å². The molecule has 0 saturated heterocycles. The lowest BCUT2D eigenvalue weighted by Crippen LogP contribution is -2.35. The first-order valence-corrected chi connectivity index (χ1v) is 7.07. The normalized spacial score (nSPS) is 14.5. The van der Waals surface area contributed by atoms with E-state index in [2.05, 4.69) is 15.5 Å². The number of pyridine rings is 1. The summed E-state index contributed by atoms with van der Waals surface area (Å²) < 4.78 is 2.16. The predicted octanol–water partition coefficient (Wildman–Crippen LogP) is 2.04. The third kappa shape index (κ3) is 2.74. The van der Waals surface area contributed by atoms with Gasteiger partial charge < -0.3 is 4.57 Å². The molecule has 0 radical (unpaired) electrons.